The van der Waals surface area contributed by atoms with E-state index < -0.39 is 11.1 Å². The average Bonchev–Trinajstić information content (AvgIpc) is 3.64. The van der Waals surface area contributed by atoms with E-state index in [1.165, 1.54) is 113 Å². The van der Waals surface area contributed by atoms with Gasteiger partial charge in [0.2, 0.25) is 0 Å². The first-order valence-corrected chi connectivity index (χ1v) is 23.4. The van der Waals surface area contributed by atoms with Gasteiger partial charge >= 0.3 is 6.85 Å². The number of unbranched alkanes of at least 4 members (excludes halogenated alkanes) is 1. The fourth-order valence-corrected chi connectivity index (χ4v) is 13.2. The summed E-state index contributed by atoms with van der Waals surface area (Å²) < 4.78 is 7.56. The van der Waals surface area contributed by atoms with Crippen molar-refractivity contribution in [2.24, 2.45) is 5.92 Å². The molecule has 0 saturated carbocycles. The van der Waals surface area contributed by atoms with Gasteiger partial charge in [0.05, 0.1) is 5.54 Å². The van der Waals surface area contributed by atoms with Crippen LogP contribution in [0.2, 0.25) is 0 Å². The Morgan fingerprint density at radius 1 is 0.625 bits per heavy atom. The summed E-state index contributed by atoms with van der Waals surface area (Å²) in [7, 11) is 0. The standard InChI is InChI=1S/C60H51BN2O/c1-6-7-19-39-28-31-49-48(34-39)58(3)33-32-38(2)53-56(58)59(4)57(54-46-26-17-18-27-52(46)64-60(53,54)5)61-55-47(35-43(37-51(55)62(49)59)41-22-13-9-14-23-41)45-30-29-42(40-20-11-8-12-21-40)36-50(45)63(61)44-24-15-10-16-25-44/h8-18,20-38H,6-7,19H2,1-5H3. The van der Waals surface area contributed by atoms with Crippen LogP contribution < -0.4 is 19.9 Å². The number of ether oxygens (including phenoxy) is 1. The predicted octanol–water partition coefficient (Wildman–Crippen LogP) is 14.2. The highest BCUT2D eigenvalue weighted by atomic mass is 16.5. The van der Waals surface area contributed by atoms with Crippen LogP contribution in [0.15, 0.2) is 193 Å². The molecule has 0 N–H and O–H groups in total. The van der Waals surface area contributed by atoms with Gasteiger partial charge in [-0.1, -0.05) is 154 Å². The van der Waals surface area contributed by atoms with Crippen molar-refractivity contribution in [3.05, 3.63) is 209 Å². The third-order valence-corrected chi connectivity index (χ3v) is 15.8. The highest BCUT2D eigenvalue weighted by molar-refractivity contribution is 6.89. The van der Waals surface area contributed by atoms with Crippen molar-refractivity contribution in [3.8, 4) is 39.1 Å². The summed E-state index contributed by atoms with van der Waals surface area (Å²) in [4.78, 5) is 5.52. The van der Waals surface area contributed by atoms with Crippen LogP contribution in [0.4, 0.5) is 22.7 Å². The molecule has 4 heteroatoms. The van der Waals surface area contributed by atoms with E-state index >= 15 is 0 Å². The molecule has 0 radical (unpaired) electrons. The Balaban J connectivity index is 1.24. The van der Waals surface area contributed by atoms with Gasteiger partial charge in [0.15, 0.2) is 5.60 Å². The first kappa shape index (κ1) is 37.8. The minimum Gasteiger partial charge on any atom is -0.478 e. The molecule has 4 aliphatic heterocycles. The van der Waals surface area contributed by atoms with E-state index in [0.717, 1.165) is 12.2 Å². The lowest BCUT2D eigenvalue weighted by Gasteiger charge is -2.65. The second kappa shape index (κ2) is 13.4. The number of para-hydroxylation sites is 2. The molecule has 64 heavy (non-hydrogen) atoms. The molecule has 6 aliphatic rings. The Morgan fingerprint density at radius 2 is 1.31 bits per heavy atom. The number of allylic oxidation sites excluding steroid dienone is 2. The minimum atomic E-state index is -0.696. The largest absolute Gasteiger partial charge is 0.478 e. The van der Waals surface area contributed by atoms with Crippen molar-refractivity contribution in [2.45, 2.75) is 70.4 Å². The van der Waals surface area contributed by atoms with E-state index in [0.29, 0.717) is 0 Å². The molecule has 0 saturated heterocycles. The highest BCUT2D eigenvalue weighted by Crippen LogP contribution is 2.69. The van der Waals surface area contributed by atoms with Crippen molar-refractivity contribution < 1.29 is 4.74 Å². The fourth-order valence-electron chi connectivity index (χ4n) is 13.2. The van der Waals surface area contributed by atoms with Crippen molar-refractivity contribution >= 4 is 40.6 Å². The molecule has 0 spiro atoms. The van der Waals surface area contributed by atoms with Crippen LogP contribution in [-0.2, 0) is 11.8 Å². The molecule has 310 valence electrons. The summed E-state index contributed by atoms with van der Waals surface area (Å²) in [6.45, 7) is 12.0. The third-order valence-electron chi connectivity index (χ3n) is 15.8. The Morgan fingerprint density at radius 3 is 2.06 bits per heavy atom. The molecule has 7 aromatic rings. The number of benzene rings is 7. The second-order valence-electron chi connectivity index (χ2n) is 19.5. The van der Waals surface area contributed by atoms with E-state index in [4.69, 9.17) is 4.74 Å². The Labute approximate surface area is 378 Å². The van der Waals surface area contributed by atoms with Crippen LogP contribution in [0.3, 0.4) is 0 Å². The van der Waals surface area contributed by atoms with Crippen molar-refractivity contribution in [3.63, 3.8) is 0 Å². The van der Waals surface area contributed by atoms with Crippen LogP contribution in [0, 0.1) is 5.92 Å². The molecule has 0 bridgehead atoms. The number of aryl methyl sites for hydroxylation is 1. The summed E-state index contributed by atoms with van der Waals surface area (Å²) >= 11 is 0. The van der Waals surface area contributed by atoms with Crippen LogP contribution in [0.1, 0.15) is 64.2 Å². The average molecular weight is 827 g/mol. The van der Waals surface area contributed by atoms with Crippen LogP contribution >= 0.6 is 0 Å². The Hall–Kier alpha value is -6.78. The van der Waals surface area contributed by atoms with E-state index in [-0.39, 0.29) is 18.2 Å². The first-order chi connectivity index (χ1) is 31.2. The van der Waals surface area contributed by atoms with Gasteiger partial charge in [0.25, 0.3) is 0 Å². The fraction of sp³-hybridized carbons (Fsp3) is 0.200. The van der Waals surface area contributed by atoms with Crippen LogP contribution in [-0.4, -0.2) is 18.0 Å². The van der Waals surface area contributed by atoms with Crippen LogP contribution in [0.5, 0.6) is 5.75 Å². The maximum Gasteiger partial charge on any atom is 0.329 e. The van der Waals surface area contributed by atoms with Gasteiger partial charge < -0.3 is 14.4 Å². The molecule has 3 nitrogen and oxygen atoms in total. The van der Waals surface area contributed by atoms with E-state index in [9.17, 15) is 0 Å². The molecule has 0 aromatic heterocycles. The molecule has 4 unspecified atom stereocenters. The second-order valence-corrected chi connectivity index (χ2v) is 19.5. The van der Waals surface area contributed by atoms with Crippen LogP contribution in [0.25, 0.3) is 39.0 Å². The predicted molar refractivity (Wildman–Crippen MR) is 267 cm³/mol. The molecule has 0 amide bonds. The number of hydrogen-bond acceptors (Lipinski definition) is 3. The smallest absolute Gasteiger partial charge is 0.329 e. The van der Waals surface area contributed by atoms with Gasteiger partial charge in [-0.3, -0.25) is 0 Å². The summed E-state index contributed by atoms with van der Waals surface area (Å²) in [6, 6.07) is 61.7. The maximum atomic E-state index is 7.56. The van der Waals surface area contributed by atoms with Crippen molar-refractivity contribution in [1.29, 1.82) is 0 Å². The summed E-state index contributed by atoms with van der Waals surface area (Å²) in [5, 5.41) is 0. The number of anilines is 4. The number of nitrogens with zero attached hydrogens (tertiary/aromatic N) is 2. The van der Waals surface area contributed by atoms with Gasteiger partial charge in [-0.15, -0.1) is 0 Å². The molecule has 4 atom stereocenters. The highest BCUT2D eigenvalue weighted by Gasteiger charge is 2.68. The zero-order valence-electron chi connectivity index (χ0n) is 37.3. The summed E-state index contributed by atoms with van der Waals surface area (Å²) in [6.07, 6.45) is 8.47. The van der Waals surface area contributed by atoms with Gasteiger partial charge in [-0.2, -0.15) is 0 Å². The molecule has 4 heterocycles. The maximum absolute atomic E-state index is 7.56. The molecule has 2 aliphatic carbocycles. The topological polar surface area (TPSA) is 15.7 Å². The van der Waals surface area contributed by atoms with E-state index in [1.807, 2.05) is 0 Å². The zero-order valence-corrected chi connectivity index (χ0v) is 37.3. The third kappa shape index (κ3) is 4.84. The molecular weight excluding hydrogens is 775 g/mol. The Kier molecular flexibility index (Phi) is 7.89. The molecule has 7 aromatic carbocycles. The van der Waals surface area contributed by atoms with Crippen molar-refractivity contribution in [1.82, 2.24) is 0 Å². The molecule has 0 fully saturated rings. The normalized spacial score (nSPS) is 23.8. The monoisotopic (exact) mass is 826 g/mol. The number of hydrogen-bond donors (Lipinski definition) is 0. The number of fused-ring (bicyclic) bond motifs is 11. The van der Waals surface area contributed by atoms with Gasteiger partial charge in [0.1, 0.15) is 5.75 Å². The lowest BCUT2D eigenvalue weighted by Crippen LogP contribution is -2.71. The molecular formula is C60H51BN2O. The zero-order chi connectivity index (χ0) is 43.1. The summed E-state index contributed by atoms with van der Waals surface area (Å²) in [5.41, 5.74) is 21.7. The van der Waals surface area contributed by atoms with E-state index in [2.05, 4.69) is 220 Å². The minimum absolute atomic E-state index is 0.161. The molecule has 13 rings (SSSR count). The SMILES string of the molecule is CCCCc1ccc2c(c1)C1(C)C=CC(C)C3=C1C1(C)C(=C4c5ccccc5OC43C)B3c4c(cc(-c5ccccc5)cc4N21)-c1ccc(-c2ccccc2)cc1N3c1ccccc1. The van der Waals surface area contributed by atoms with E-state index in [1.54, 1.807) is 0 Å². The quantitative estimate of drug-likeness (QED) is 0.123. The lowest BCUT2D eigenvalue weighted by atomic mass is 9.33. The summed E-state index contributed by atoms with van der Waals surface area (Å²) in [5.74, 6) is 1.14. The van der Waals surface area contributed by atoms with Crippen molar-refractivity contribution in [2.75, 3.05) is 9.71 Å². The number of rotatable bonds is 6. The van der Waals surface area contributed by atoms with Gasteiger partial charge in [-0.25, -0.2) is 0 Å². The lowest BCUT2D eigenvalue weighted by molar-refractivity contribution is 0.185. The first-order valence-electron chi connectivity index (χ1n) is 23.4. The van der Waals surface area contributed by atoms with Gasteiger partial charge in [0, 0.05) is 44.9 Å². The van der Waals surface area contributed by atoms with Gasteiger partial charge in [-0.05, 0) is 143 Å². The Bertz CT molecular complexity index is 3200.